The Morgan fingerprint density at radius 2 is 1.55 bits per heavy atom. The van der Waals surface area contributed by atoms with Crippen LogP contribution in [-0.4, -0.2) is 47.9 Å². The third-order valence-electron chi connectivity index (χ3n) is 2.49. The molecule has 0 spiro atoms. The van der Waals surface area contributed by atoms with Gasteiger partial charge in [-0.3, -0.25) is 9.59 Å². The molecule has 0 saturated carbocycles. The summed E-state index contributed by atoms with van der Waals surface area (Å²) in [6, 6.07) is -1.69. The van der Waals surface area contributed by atoms with E-state index in [2.05, 4.69) is 17.9 Å². The fraction of sp³-hybridized carbons (Fsp3) is 0.786. The summed E-state index contributed by atoms with van der Waals surface area (Å²) in [7, 11) is 0. The molecule has 1 amide bonds. The van der Waals surface area contributed by atoms with E-state index in [4.69, 9.17) is 15.2 Å². The van der Waals surface area contributed by atoms with Crippen LogP contribution >= 0.6 is 12.6 Å². The average Bonchev–Trinajstić information content (AvgIpc) is 2.40. The van der Waals surface area contributed by atoms with Gasteiger partial charge in [0.15, 0.2) is 0 Å². The van der Waals surface area contributed by atoms with Crippen molar-refractivity contribution in [2.45, 2.75) is 64.8 Å². The van der Waals surface area contributed by atoms with Gasteiger partial charge in [-0.2, -0.15) is 12.6 Å². The van der Waals surface area contributed by atoms with Crippen LogP contribution in [0.2, 0.25) is 0 Å². The molecule has 0 aliphatic rings. The molecule has 2 atom stereocenters. The molecule has 0 aliphatic heterocycles. The van der Waals surface area contributed by atoms with Gasteiger partial charge in [0.05, 0.1) is 12.2 Å². The first-order valence-electron chi connectivity index (χ1n) is 7.24. The van der Waals surface area contributed by atoms with Crippen molar-refractivity contribution in [3.8, 4) is 0 Å². The van der Waals surface area contributed by atoms with Gasteiger partial charge in [0.1, 0.15) is 12.1 Å². The maximum atomic E-state index is 11.8. The van der Waals surface area contributed by atoms with E-state index in [1.54, 1.807) is 27.7 Å². The quantitative estimate of drug-likeness (QED) is 0.416. The summed E-state index contributed by atoms with van der Waals surface area (Å²) in [5, 5.41) is 2.51. The Labute approximate surface area is 136 Å². The fourth-order valence-electron chi connectivity index (χ4n) is 1.48. The highest BCUT2D eigenvalue weighted by Gasteiger charge is 2.23. The smallest absolute Gasteiger partial charge is 0.329 e. The van der Waals surface area contributed by atoms with Gasteiger partial charge in [-0.05, 0) is 34.1 Å². The van der Waals surface area contributed by atoms with Gasteiger partial charge >= 0.3 is 11.9 Å². The highest BCUT2D eigenvalue weighted by atomic mass is 32.1. The summed E-state index contributed by atoms with van der Waals surface area (Å²) < 4.78 is 9.96. The highest BCUT2D eigenvalue weighted by Crippen LogP contribution is 2.02. The number of nitrogens with two attached hydrogens (primary N) is 1. The second-order valence-corrected chi connectivity index (χ2v) is 5.78. The molecular weight excluding hydrogens is 308 g/mol. The molecule has 0 bridgehead atoms. The number of rotatable bonds is 9. The van der Waals surface area contributed by atoms with Crippen LogP contribution in [0.25, 0.3) is 0 Å². The Bertz CT molecular complexity index is 387. The van der Waals surface area contributed by atoms with Gasteiger partial charge in [-0.25, -0.2) is 4.79 Å². The minimum absolute atomic E-state index is 0.00754. The van der Waals surface area contributed by atoms with Crippen LogP contribution in [0.4, 0.5) is 0 Å². The first-order chi connectivity index (χ1) is 10.2. The van der Waals surface area contributed by atoms with Crippen molar-refractivity contribution in [2.24, 2.45) is 5.73 Å². The molecule has 0 aliphatic carbocycles. The van der Waals surface area contributed by atoms with Crippen molar-refractivity contribution < 1.29 is 23.9 Å². The summed E-state index contributed by atoms with van der Waals surface area (Å²) in [4.78, 5) is 35.0. The Morgan fingerprint density at radius 1 is 1.05 bits per heavy atom. The first kappa shape index (κ1) is 20.7. The maximum Gasteiger partial charge on any atom is 0.329 e. The maximum absolute atomic E-state index is 11.8. The fourth-order valence-corrected chi connectivity index (χ4v) is 1.72. The lowest BCUT2D eigenvalue weighted by Crippen LogP contribution is -2.44. The molecule has 8 heteroatoms. The lowest BCUT2D eigenvalue weighted by atomic mass is 10.1. The van der Waals surface area contributed by atoms with E-state index in [0.29, 0.717) is 0 Å². The molecule has 0 radical (unpaired) electrons. The number of amides is 1. The topological polar surface area (TPSA) is 108 Å². The van der Waals surface area contributed by atoms with Crippen LogP contribution in [0.3, 0.4) is 0 Å². The lowest BCUT2D eigenvalue weighted by molar-refractivity contribution is -0.151. The summed E-state index contributed by atoms with van der Waals surface area (Å²) in [6.45, 7) is 6.87. The zero-order valence-corrected chi connectivity index (χ0v) is 14.4. The van der Waals surface area contributed by atoms with Crippen molar-refractivity contribution in [1.29, 1.82) is 0 Å². The Morgan fingerprint density at radius 3 is 2.00 bits per heavy atom. The standard InChI is InChI=1S/C14H26N2O5S/c1-8(2)20-13(18)10(15)5-6-12(17)16-11(7-22)14(19)21-9(3)4/h8-11,22H,5-7,15H2,1-4H3,(H,16,17)/t10-,11+/m1/s1. The molecule has 3 N–H and O–H groups in total. The highest BCUT2D eigenvalue weighted by molar-refractivity contribution is 7.80. The average molecular weight is 334 g/mol. The van der Waals surface area contributed by atoms with Crippen LogP contribution in [0, 0.1) is 0 Å². The zero-order valence-electron chi connectivity index (χ0n) is 13.5. The molecule has 0 aromatic carbocycles. The van der Waals surface area contributed by atoms with E-state index in [1.165, 1.54) is 0 Å². The van der Waals surface area contributed by atoms with Crippen molar-refractivity contribution in [2.75, 3.05) is 5.75 Å². The van der Waals surface area contributed by atoms with Gasteiger partial charge in [-0.1, -0.05) is 0 Å². The van der Waals surface area contributed by atoms with Crippen LogP contribution < -0.4 is 11.1 Å². The van der Waals surface area contributed by atoms with Gasteiger partial charge in [0.2, 0.25) is 5.91 Å². The molecule has 0 saturated heterocycles. The summed E-state index contributed by atoms with van der Waals surface area (Å²) in [5.74, 6) is -1.36. The lowest BCUT2D eigenvalue weighted by Gasteiger charge is -2.18. The summed E-state index contributed by atoms with van der Waals surface area (Å²) >= 11 is 4.02. The minimum Gasteiger partial charge on any atom is -0.462 e. The van der Waals surface area contributed by atoms with E-state index < -0.39 is 29.9 Å². The molecule has 0 fully saturated rings. The Kier molecular flexibility index (Phi) is 9.84. The van der Waals surface area contributed by atoms with E-state index in [9.17, 15) is 14.4 Å². The van der Waals surface area contributed by atoms with E-state index in [1.807, 2.05) is 0 Å². The van der Waals surface area contributed by atoms with Crippen molar-refractivity contribution >= 4 is 30.5 Å². The predicted octanol–water partition coefficient (Wildman–Crippen LogP) is 0.412. The van der Waals surface area contributed by atoms with E-state index >= 15 is 0 Å². The van der Waals surface area contributed by atoms with Crippen LogP contribution in [-0.2, 0) is 23.9 Å². The third-order valence-corrected chi connectivity index (χ3v) is 2.86. The molecule has 0 aromatic heterocycles. The molecule has 0 unspecified atom stereocenters. The number of esters is 2. The normalized spacial score (nSPS) is 13.6. The molecule has 22 heavy (non-hydrogen) atoms. The number of ether oxygens (including phenoxy) is 2. The molecule has 0 rings (SSSR count). The molecule has 0 aromatic rings. The third kappa shape index (κ3) is 8.89. The Balaban J connectivity index is 4.26. The molecule has 128 valence electrons. The van der Waals surface area contributed by atoms with E-state index in [0.717, 1.165) is 0 Å². The number of hydrogen-bond acceptors (Lipinski definition) is 7. The molecule has 0 heterocycles. The number of carbonyl (C=O) groups excluding carboxylic acids is 3. The van der Waals surface area contributed by atoms with Gasteiger partial charge < -0.3 is 20.5 Å². The van der Waals surface area contributed by atoms with Crippen LogP contribution in [0.15, 0.2) is 0 Å². The minimum atomic E-state index is -0.870. The second kappa shape index (κ2) is 10.4. The largest absolute Gasteiger partial charge is 0.462 e. The van der Waals surface area contributed by atoms with Crippen molar-refractivity contribution in [3.05, 3.63) is 0 Å². The van der Waals surface area contributed by atoms with Gasteiger partial charge in [-0.15, -0.1) is 0 Å². The second-order valence-electron chi connectivity index (χ2n) is 5.42. The number of carbonyl (C=O) groups is 3. The Hall–Kier alpha value is -1.28. The number of nitrogens with one attached hydrogen (secondary N) is 1. The monoisotopic (exact) mass is 334 g/mol. The van der Waals surface area contributed by atoms with Gasteiger partial charge in [0.25, 0.3) is 0 Å². The first-order valence-corrected chi connectivity index (χ1v) is 7.87. The van der Waals surface area contributed by atoms with Crippen molar-refractivity contribution in [3.63, 3.8) is 0 Å². The SMILES string of the molecule is CC(C)OC(=O)[C@H](N)CCC(=O)N[C@@H](CS)C(=O)OC(C)C. The van der Waals surface area contributed by atoms with Crippen LogP contribution in [0.5, 0.6) is 0 Å². The van der Waals surface area contributed by atoms with Crippen molar-refractivity contribution in [1.82, 2.24) is 5.32 Å². The molecule has 7 nitrogen and oxygen atoms in total. The summed E-state index contributed by atoms with van der Waals surface area (Å²) in [5.41, 5.74) is 5.64. The summed E-state index contributed by atoms with van der Waals surface area (Å²) in [6.07, 6.45) is -0.387. The predicted molar refractivity (Wildman–Crippen MR) is 85.4 cm³/mol. The number of thiol groups is 1. The zero-order chi connectivity index (χ0) is 17.3. The van der Waals surface area contributed by atoms with Crippen LogP contribution in [0.1, 0.15) is 40.5 Å². The van der Waals surface area contributed by atoms with E-state index in [-0.39, 0.29) is 30.8 Å². The number of hydrogen-bond donors (Lipinski definition) is 3. The van der Waals surface area contributed by atoms with Gasteiger partial charge in [0, 0.05) is 12.2 Å². The molecular formula is C14H26N2O5S.